The number of carbonyl (C=O) groups excluding carboxylic acids is 1. The molecular weight excluding hydrogens is 405 g/mol. The number of morpholine rings is 2. The Kier molecular flexibility index (Phi) is 11.1. The lowest BCUT2D eigenvalue weighted by molar-refractivity contribution is -0.129. The Morgan fingerprint density at radius 1 is 1.25 bits per heavy atom. The molecule has 0 spiro atoms. The van der Waals surface area contributed by atoms with Gasteiger partial charge in [0.25, 0.3) is 0 Å². The molecule has 1 unspecified atom stereocenters. The van der Waals surface area contributed by atoms with Gasteiger partial charge in [-0.25, -0.2) is 0 Å². The van der Waals surface area contributed by atoms with Crippen LogP contribution in [0.4, 0.5) is 0 Å². The van der Waals surface area contributed by atoms with Crippen LogP contribution in [0.3, 0.4) is 0 Å². The van der Waals surface area contributed by atoms with Gasteiger partial charge in [-0.2, -0.15) is 0 Å². The number of hydrogen-bond acceptors (Lipinski definition) is 6. The maximum Gasteiger partial charge on any atom is 0.239 e. The van der Waals surface area contributed by atoms with Crippen molar-refractivity contribution in [3.05, 3.63) is 29.8 Å². The largest absolute Gasteiger partial charge is 0.497 e. The van der Waals surface area contributed by atoms with Gasteiger partial charge in [-0.1, -0.05) is 12.1 Å². The lowest BCUT2D eigenvalue weighted by Gasteiger charge is -2.36. The lowest BCUT2D eigenvalue weighted by Crippen LogP contribution is -2.56. The summed E-state index contributed by atoms with van der Waals surface area (Å²) >= 11 is 0. The Bertz CT molecular complexity index is 585. The molecule has 9 heteroatoms. The highest BCUT2D eigenvalue weighted by Gasteiger charge is 2.30. The first kappa shape index (κ1) is 24.9. The van der Waals surface area contributed by atoms with Gasteiger partial charge in [0, 0.05) is 26.2 Å². The van der Waals surface area contributed by atoms with Gasteiger partial charge in [0.05, 0.1) is 39.1 Å². The van der Waals surface area contributed by atoms with Crippen molar-refractivity contribution in [3.8, 4) is 5.75 Å². The Hall–Kier alpha value is -1.09. The van der Waals surface area contributed by atoms with Crippen LogP contribution >= 0.6 is 24.8 Å². The van der Waals surface area contributed by atoms with Crippen molar-refractivity contribution in [3.63, 3.8) is 0 Å². The number of rotatable bonds is 6. The number of ether oxygens (including phenoxy) is 3. The normalized spacial score (nSPS) is 23.6. The fourth-order valence-corrected chi connectivity index (χ4v) is 3.51. The predicted octanol–water partition coefficient (Wildman–Crippen LogP) is 1.41. The summed E-state index contributed by atoms with van der Waals surface area (Å²) in [6, 6.07) is 7.86. The smallest absolute Gasteiger partial charge is 0.239 e. The van der Waals surface area contributed by atoms with E-state index in [0.29, 0.717) is 19.7 Å². The van der Waals surface area contributed by atoms with Crippen molar-refractivity contribution in [2.24, 2.45) is 0 Å². The Balaban J connectivity index is 0.00000196. The van der Waals surface area contributed by atoms with E-state index in [4.69, 9.17) is 14.2 Å². The third kappa shape index (κ3) is 6.47. The lowest BCUT2D eigenvalue weighted by atomic mass is 10.0. The summed E-state index contributed by atoms with van der Waals surface area (Å²) < 4.78 is 16.3. The molecule has 1 amide bonds. The topological polar surface area (TPSA) is 72.1 Å². The minimum absolute atomic E-state index is 0. The van der Waals surface area contributed by atoms with Crippen LogP contribution in [-0.4, -0.2) is 76.1 Å². The molecule has 0 aromatic heterocycles. The van der Waals surface area contributed by atoms with Crippen molar-refractivity contribution >= 4 is 30.7 Å². The molecule has 7 nitrogen and oxygen atoms in total. The van der Waals surface area contributed by atoms with E-state index in [1.54, 1.807) is 7.11 Å². The van der Waals surface area contributed by atoms with Gasteiger partial charge in [0.2, 0.25) is 5.91 Å². The quantitative estimate of drug-likeness (QED) is 0.703. The third-order valence-corrected chi connectivity index (χ3v) is 5.06. The first-order valence-corrected chi connectivity index (χ1v) is 9.27. The number of methoxy groups -OCH3 is 1. The number of amides is 1. The molecule has 2 aliphatic heterocycles. The summed E-state index contributed by atoms with van der Waals surface area (Å²) in [5, 5.41) is 6.35. The van der Waals surface area contributed by atoms with Crippen molar-refractivity contribution in [1.82, 2.24) is 15.5 Å². The maximum absolute atomic E-state index is 12.6. The maximum atomic E-state index is 12.6. The van der Waals surface area contributed by atoms with Gasteiger partial charge in [-0.3, -0.25) is 9.69 Å². The Labute approximate surface area is 179 Å². The van der Waals surface area contributed by atoms with E-state index < -0.39 is 0 Å². The van der Waals surface area contributed by atoms with Gasteiger partial charge < -0.3 is 24.8 Å². The second-order valence-corrected chi connectivity index (χ2v) is 6.69. The molecule has 2 saturated heterocycles. The summed E-state index contributed by atoms with van der Waals surface area (Å²) in [7, 11) is 1.66. The molecule has 3 rings (SSSR count). The summed E-state index contributed by atoms with van der Waals surface area (Å²) in [4.78, 5) is 15.0. The van der Waals surface area contributed by atoms with Crippen LogP contribution in [0.2, 0.25) is 0 Å². The average Bonchev–Trinajstić information content (AvgIpc) is 2.69. The van der Waals surface area contributed by atoms with E-state index in [9.17, 15) is 4.79 Å². The second-order valence-electron chi connectivity index (χ2n) is 6.69. The van der Waals surface area contributed by atoms with Gasteiger partial charge in [0.15, 0.2) is 0 Å². The highest BCUT2D eigenvalue weighted by Crippen LogP contribution is 2.23. The van der Waals surface area contributed by atoms with E-state index in [-0.39, 0.29) is 48.9 Å². The molecule has 160 valence electrons. The molecule has 0 saturated carbocycles. The van der Waals surface area contributed by atoms with Crippen LogP contribution in [0.1, 0.15) is 18.5 Å². The van der Waals surface area contributed by atoms with E-state index >= 15 is 0 Å². The van der Waals surface area contributed by atoms with Crippen molar-refractivity contribution in [2.45, 2.75) is 25.1 Å². The first-order chi connectivity index (χ1) is 12.7. The number of nitrogens with zero attached hydrogens (tertiary/aromatic N) is 1. The van der Waals surface area contributed by atoms with E-state index in [2.05, 4.69) is 27.7 Å². The van der Waals surface area contributed by atoms with Gasteiger partial charge in [-0.15, -0.1) is 24.8 Å². The van der Waals surface area contributed by atoms with Crippen LogP contribution in [0.5, 0.6) is 5.75 Å². The molecule has 2 aliphatic rings. The minimum atomic E-state index is -0.301. The van der Waals surface area contributed by atoms with Crippen LogP contribution in [-0.2, 0) is 14.3 Å². The molecule has 0 radical (unpaired) electrons. The molecule has 2 N–H and O–H groups in total. The molecular formula is C19H31Cl2N3O4. The van der Waals surface area contributed by atoms with Crippen LogP contribution in [0, 0.1) is 0 Å². The Morgan fingerprint density at radius 3 is 2.54 bits per heavy atom. The van der Waals surface area contributed by atoms with Crippen molar-refractivity contribution in [1.29, 1.82) is 0 Å². The molecule has 0 bridgehead atoms. The molecule has 2 heterocycles. The minimum Gasteiger partial charge on any atom is -0.497 e. The summed E-state index contributed by atoms with van der Waals surface area (Å²) in [5.74, 6) is 0.819. The van der Waals surface area contributed by atoms with E-state index in [0.717, 1.165) is 37.6 Å². The predicted molar refractivity (Wildman–Crippen MR) is 113 cm³/mol. The highest BCUT2D eigenvalue weighted by atomic mass is 35.5. The highest BCUT2D eigenvalue weighted by molar-refractivity contribution is 5.85. The molecule has 1 aromatic rings. The number of benzene rings is 1. The van der Waals surface area contributed by atoms with Crippen molar-refractivity contribution < 1.29 is 19.0 Å². The number of carbonyl (C=O) groups is 1. The fourth-order valence-electron chi connectivity index (χ4n) is 3.51. The zero-order valence-corrected chi connectivity index (χ0v) is 18.0. The van der Waals surface area contributed by atoms with Crippen LogP contribution in [0.25, 0.3) is 0 Å². The second kappa shape index (κ2) is 12.5. The fraction of sp³-hybridized carbons (Fsp3) is 0.632. The number of hydrogen-bond donors (Lipinski definition) is 2. The summed E-state index contributed by atoms with van der Waals surface area (Å²) in [6.07, 6.45) is -0.119. The average molecular weight is 436 g/mol. The molecule has 2 fully saturated rings. The SMILES string of the molecule is COc1ccc(C(CNC(=O)[C@H]2NCCO[C@@H]2C)N2CCOCC2)cc1.Cl.Cl. The Morgan fingerprint density at radius 2 is 1.93 bits per heavy atom. The third-order valence-electron chi connectivity index (χ3n) is 5.06. The van der Waals surface area contributed by atoms with Gasteiger partial charge in [-0.05, 0) is 24.6 Å². The van der Waals surface area contributed by atoms with Gasteiger partial charge in [0.1, 0.15) is 11.8 Å². The molecule has 1 aromatic carbocycles. The standard InChI is InChI=1S/C19H29N3O4.2ClH/c1-14-18(20-7-10-26-14)19(23)21-13-17(22-8-11-25-12-9-22)15-3-5-16(24-2)6-4-15;;/h3-6,14,17-18,20H,7-13H2,1-2H3,(H,21,23);2*1H/t14-,17?,18+;;/m1../s1. The molecule has 0 aliphatic carbocycles. The summed E-state index contributed by atoms with van der Waals surface area (Å²) in [5.41, 5.74) is 1.16. The first-order valence-electron chi connectivity index (χ1n) is 9.27. The zero-order chi connectivity index (χ0) is 18.4. The van der Waals surface area contributed by atoms with Gasteiger partial charge >= 0.3 is 0 Å². The molecule has 3 atom stereocenters. The summed E-state index contributed by atoms with van der Waals surface area (Å²) in [6.45, 7) is 6.98. The van der Waals surface area contributed by atoms with E-state index in [1.165, 1.54) is 0 Å². The number of nitrogens with one attached hydrogen (secondary N) is 2. The molecule has 28 heavy (non-hydrogen) atoms. The zero-order valence-electron chi connectivity index (χ0n) is 16.4. The van der Waals surface area contributed by atoms with Crippen molar-refractivity contribution in [2.75, 3.05) is 53.1 Å². The van der Waals surface area contributed by atoms with Crippen LogP contribution in [0.15, 0.2) is 24.3 Å². The monoisotopic (exact) mass is 435 g/mol. The van der Waals surface area contributed by atoms with E-state index in [1.807, 2.05) is 19.1 Å². The van der Waals surface area contributed by atoms with Crippen LogP contribution < -0.4 is 15.4 Å². The number of halogens is 2.